The first-order valence-corrected chi connectivity index (χ1v) is 13.5. The Morgan fingerprint density at radius 1 is 1.06 bits per heavy atom. The molecule has 3 aromatic rings. The van der Waals surface area contributed by atoms with E-state index in [0.29, 0.717) is 16.7 Å². The maximum Gasteiger partial charge on any atom is 0.188 e. The summed E-state index contributed by atoms with van der Waals surface area (Å²) in [7, 11) is 1.64. The molecule has 0 saturated heterocycles. The second kappa shape index (κ2) is 7.53. The van der Waals surface area contributed by atoms with Crippen LogP contribution in [0.2, 0.25) is 0 Å². The van der Waals surface area contributed by atoms with E-state index >= 15 is 4.39 Å². The zero-order chi connectivity index (χ0) is 23.0. The van der Waals surface area contributed by atoms with Crippen molar-refractivity contribution in [1.82, 2.24) is 0 Å². The minimum Gasteiger partial charge on any atom is -0.467 e. The molecule has 0 N–H and O–H groups in total. The van der Waals surface area contributed by atoms with E-state index in [1.165, 1.54) is 24.0 Å². The fourth-order valence-electron chi connectivity index (χ4n) is 8.36. The summed E-state index contributed by atoms with van der Waals surface area (Å²) in [5.74, 6) is 1.34. The summed E-state index contributed by atoms with van der Waals surface area (Å²) in [6.45, 7) is 5.08. The Morgan fingerprint density at radius 2 is 1.79 bits per heavy atom. The molecule has 4 aliphatic rings. The van der Waals surface area contributed by atoms with Crippen LogP contribution in [0.1, 0.15) is 57.9 Å². The minimum absolute atomic E-state index is 0.0357. The van der Waals surface area contributed by atoms with Crippen LogP contribution in [0.4, 0.5) is 4.39 Å². The minimum atomic E-state index is -0.180. The molecule has 2 nitrogen and oxygen atoms in total. The van der Waals surface area contributed by atoms with E-state index in [1.54, 1.807) is 30.6 Å². The summed E-state index contributed by atoms with van der Waals surface area (Å²) >= 11 is 5.51. The molecule has 0 radical (unpaired) electrons. The Labute approximate surface area is 207 Å². The molecule has 1 heterocycles. The number of hydrogen-bond acceptors (Lipinski definition) is 3. The van der Waals surface area contributed by atoms with Gasteiger partial charge in [0.2, 0.25) is 0 Å². The molecule has 4 bridgehead atoms. The normalized spacial score (nSPS) is 32.6. The van der Waals surface area contributed by atoms with Crippen molar-refractivity contribution >= 4 is 37.4 Å². The summed E-state index contributed by atoms with van der Waals surface area (Å²) in [6, 6.07) is 11.7. The topological polar surface area (TPSA) is 18.5 Å². The number of halogens is 2. The Balaban J connectivity index is 1.58. The number of rotatable bonds is 5. The Kier molecular flexibility index (Phi) is 5.04. The Bertz CT molecular complexity index is 1230. The molecule has 4 fully saturated rings. The summed E-state index contributed by atoms with van der Waals surface area (Å²) in [5, 5.41) is 1.15. The summed E-state index contributed by atoms with van der Waals surface area (Å²) in [6.07, 6.45) is 7.28. The fourth-order valence-corrected chi connectivity index (χ4v) is 10.4. The van der Waals surface area contributed by atoms with Crippen molar-refractivity contribution in [2.24, 2.45) is 16.7 Å². The van der Waals surface area contributed by atoms with Gasteiger partial charge in [0.25, 0.3) is 0 Å². The van der Waals surface area contributed by atoms with Gasteiger partial charge in [-0.25, -0.2) is 4.39 Å². The first kappa shape index (κ1) is 22.1. The maximum absolute atomic E-state index is 15.4. The van der Waals surface area contributed by atoms with E-state index in [2.05, 4.69) is 41.9 Å². The number of benzene rings is 2. The highest BCUT2D eigenvalue weighted by molar-refractivity contribution is 9.10. The summed E-state index contributed by atoms with van der Waals surface area (Å²) in [4.78, 5) is 1.02. The highest BCUT2D eigenvalue weighted by Crippen LogP contribution is 2.71. The van der Waals surface area contributed by atoms with Crippen LogP contribution >= 0.6 is 27.3 Å². The molecule has 0 aliphatic heterocycles. The van der Waals surface area contributed by atoms with Gasteiger partial charge in [-0.1, -0.05) is 32.0 Å². The van der Waals surface area contributed by atoms with Gasteiger partial charge in [0.15, 0.2) is 6.79 Å². The van der Waals surface area contributed by atoms with E-state index < -0.39 is 0 Å². The third-order valence-corrected chi connectivity index (χ3v) is 10.6. The average molecular weight is 530 g/mol. The summed E-state index contributed by atoms with van der Waals surface area (Å²) in [5.41, 5.74) is 2.52. The van der Waals surface area contributed by atoms with Gasteiger partial charge in [-0.2, -0.15) is 0 Å². The lowest BCUT2D eigenvalue weighted by Gasteiger charge is -2.65. The molecule has 4 saturated carbocycles. The van der Waals surface area contributed by atoms with E-state index in [4.69, 9.17) is 9.47 Å². The molecule has 1 aromatic heterocycles. The van der Waals surface area contributed by atoms with Crippen molar-refractivity contribution in [2.45, 2.75) is 57.8 Å². The second-order valence-electron chi connectivity index (χ2n) is 11.5. The molecule has 33 heavy (non-hydrogen) atoms. The smallest absolute Gasteiger partial charge is 0.188 e. The van der Waals surface area contributed by atoms with Crippen LogP contribution in [-0.4, -0.2) is 13.9 Å². The molecule has 0 amide bonds. The van der Waals surface area contributed by atoms with Crippen LogP contribution in [0.25, 0.3) is 20.5 Å². The SMILES string of the molecule is COCOc1c(-c2sc3ccccc3c2Br)cc(F)cc1C12CC3CC(C)(CC(C)(C3)C1)C2. The number of hydrogen-bond donors (Lipinski definition) is 0. The zero-order valence-corrected chi connectivity index (χ0v) is 21.9. The quantitative estimate of drug-likeness (QED) is 0.308. The first-order valence-electron chi connectivity index (χ1n) is 11.9. The van der Waals surface area contributed by atoms with E-state index in [0.717, 1.165) is 50.9 Å². The molecule has 174 valence electrons. The molecule has 0 spiro atoms. The molecule has 5 heteroatoms. The fraction of sp³-hybridized carbons (Fsp3) is 0.500. The van der Waals surface area contributed by atoms with Crippen LogP contribution in [0.5, 0.6) is 5.75 Å². The van der Waals surface area contributed by atoms with Gasteiger partial charge in [-0.3, -0.25) is 0 Å². The van der Waals surface area contributed by atoms with Gasteiger partial charge in [0.05, 0.1) is 4.88 Å². The molecule has 2 unspecified atom stereocenters. The average Bonchev–Trinajstić information content (AvgIpc) is 3.06. The molecular formula is C28H30BrFO2S. The zero-order valence-electron chi connectivity index (χ0n) is 19.5. The number of ether oxygens (including phenoxy) is 2. The lowest BCUT2D eigenvalue weighted by molar-refractivity contribution is -0.110. The van der Waals surface area contributed by atoms with Crippen molar-refractivity contribution in [3.05, 3.63) is 52.3 Å². The number of fused-ring (bicyclic) bond motifs is 1. The van der Waals surface area contributed by atoms with Crippen LogP contribution in [0.3, 0.4) is 0 Å². The van der Waals surface area contributed by atoms with Gasteiger partial charge in [-0.15, -0.1) is 11.3 Å². The largest absolute Gasteiger partial charge is 0.467 e. The lowest BCUT2D eigenvalue weighted by atomic mass is 9.39. The monoisotopic (exact) mass is 528 g/mol. The number of methoxy groups -OCH3 is 1. The van der Waals surface area contributed by atoms with Crippen molar-refractivity contribution in [3.8, 4) is 16.2 Å². The van der Waals surface area contributed by atoms with Crippen molar-refractivity contribution < 1.29 is 13.9 Å². The number of thiophene rings is 1. The van der Waals surface area contributed by atoms with E-state index in [9.17, 15) is 0 Å². The Morgan fingerprint density at radius 3 is 2.45 bits per heavy atom. The van der Waals surface area contributed by atoms with Crippen molar-refractivity contribution in [3.63, 3.8) is 0 Å². The van der Waals surface area contributed by atoms with Crippen LogP contribution in [0.15, 0.2) is 40.9 Å². The highest BCUT2D eigenvalue weighted by Gasteiger charge is 2.61. The van der Waals surface area contributed by atoms with Gasteiger partial charge < -0.3 is 9.47 Å². The highest BCUT2D eigenvalue weighted by atomic mass is 79.9. The van der Waals surface area contributed by atoms with Gasteiger partial charge in [0, 0.05) is 38.2 Å². The molecule has 7 rings (SSSR count). The second-order valence-corrected chi connectivity index (χ2v) is 13.4. The van der Waals surface area contributed by atoms with Crippen molar-refractivity contribution in [2.75, 3.05) is 13.9 Å². The standard InChI is InChI=1S/C28H30BrFO2S/c1-26-10-17-11-27(2,13-26)15-28(12-17,14-26)21-9-18(30)8-20(24(21)32-16-31-3)25-23(29)19-6-4-5-7-22(19)33-25/h4-9,17H,10-16H2,1-3H3. The summed E-state index contributed by atoms with van der Waals surface area (Å²) < 4.78 is 29.2. The lowest BCUT2D eigenvalue weighted by Crippen LogP contribution is -2.57. The predicted octanol–water partition coefficient (Wildman–Crippen LogP) is 8.70. The first-order chi connectivity index (χ1) is 15.7. The molecule has 2 aromatic carbocycles. The third-order valence-electron chi connectivity index (χ3n) is 8.35. The van der Waals surface area contributed by atoms with Gasteiger partial charge in [-0.05, 0) is 89.4 Å². The predicted molar refractivity (Wildman–Crippen MR) is 137 cm³/mol. The van der Waals surface area contributed by atoms with Gasteiger partial charge in [0.1, 0.15) is 11.6 Å². The Hall–Kier alpha value is -1.43. The molecular weight excluding hydrogens is 499 g/mol. The molecule has 4 aliphatic carbocycles. The van der Waals surface area contributed by atoms with E-state index in [1.807, 2.05) is 12.1 Å². The van der Waals surface area contributed by atoms with Gasteiger partial charge >= 0.3 is 0 Å². The van der Waals surface area contributed by atoms with Crippen molar-refractivity contribution in [1.29, 1.82) is 0 Å². The maximum atomic E-state index is 15.4. The third kappa shape index (κ3) is 3.49. The van der Waals surface area contributed by atoms with Crippen LogP contribution in [-0.2, 0) is 10.2 Å². The van der Waals surface area contributed by atoms with E-state index in [-0.39, 0.29) is 18.0 Å². The van der Waals surface area contributed by atoms with Crippen LogP contribution in [0, 0.1) is 22.6 Å². The molecule has 2 atom stereocenters. The van der Waals surface area contributed by atoms with Crippen LogP contribution < -0.4 is 4.74 Å².